The predicted molar refractivity (Wildman–Crippen MR) is 68.1 cm³/mol. The van der Waals surface area contributed by atoms with E-state index in [2.05, 4.69) is 4.98 Å². The zero-order valence-electron chi connectivity index (χ0n) is 9.86. The molecule has 2 rings (SSSR count). The highest BCUT2D eigenvalue weighted by Crippen LogP contribution is 2.27. The van der Waals surface area contributed by atoms with Crippen LogP contribution in [0.2, 0.25) is 0 Å². The Labute approximate surface area is 113 Å². The lowest BCUT2D eigenvalue weighted by Crippen LogP contribution is -2.16. The molecule has 0 aliphatic rings. The highest BCUT2D eigenvalue weighted by Gasteiger charge is 2.29. The van der Waals surface area contributed by atoms with Crippen LogP contribution in [0.4, 0.5) is 15.9 Å². The Balaban J connectivity index is 2.50. The molecule has 0 saturated carbocycles. The number of sulfonamides is 1. The molecule has 2 aromatic rings. The van der Waals surface area contributed by atoms with Crippen molar-refractivity contribution in [2.45, 2.75) is 4.90 Å². The molecular formula is C11H8FN3O4S. The fourth-order valence-corrected chi connectivity index (χ4v) is 2.70. The molecule has 0 saturated heterocycles. The minimum atomic E-state index is -4.31. The van der Waals surface area contributed by atoms with Crippen LogP contribution in [0.5, 0.6) is 0 Å². The van der Waals surface area contributed by atoms with Gasteiger partial charge in [0.15, 0.2) is 4.90 Å². The predicted octanol–water partition coefficient (Wildman–Crippen LogP) is 1.93. The van der Waals surface area contributed by atoms with Gasteiger partial charge in [0, 0.05) is 6.20 Å². The van der Waals surface area contributed by atoms with Gasteiger partial charge in [-0.05, 0) is 24.3 Å². The third-order valence-electron chi connectivity index (χ3n) is 2.33. The lowest BCUT2D eigenvalue weighted by Gasteiger charge is -2.07. The summed E-state index contributed by atoms with van der Waals surface area (Å²) in [6.45, 7) is 0. The number of pyridine rings is 1. The number of anilines is 1. The third-order valence-corrected chi connectivity index (χ3v) is 3.71. The Morgan fingerprint density at radius 2 is 1.95 bits per heavy atom. The molecule has 104 valence electrons. The molecule has 1 aromatic carbocycles. The highest BCUT2D eigenvalue weighted by atomic mass is 32.2. The number of nitrogens with one attached hydrogen (secondary N) is 1. The number of hydrogen-bond donors (Lipinski definition) is 1. The van der Waals surface area contributed by atoms with Crippen molar-refractivity contribution in [2.75, 3.05) is 4.72 Å². The van der Waals surface area contributed by atoms with Gasteiger partial charge in [-0.2, -0.15) is 4.39 Å². The van der Waals surface area contributed by atoms with E-state index in [0.29, 0.717) is 0 Å². The largest absolute Gasteiger partial charge is 0.325 e. The van der Waals surface area contributed by atoms with Gasteiger partial charge in [0.2, 0.25) is 5.82 Å². The first kappa shape index (κ1) is 13.9. The average molecular weight is 297 g/mol. The highest BCUT2D eigenvalue weighted by molar-refractivity contribution is 7.92. The van der Waals surface area contributed by atoms with Crippen LogP contribution in [0.15, 0.2) is 47.5 Å². The Morgan fingerprint density at radius 1 is 1.20 bits per heavy atom. The first-order valence-electron chi connectivity index (χ1n) is 5.28. The summed E-state index contributed by atoms with van der Waals surface area (Å²) in [5, 5.41) is 10.8. The van der Waals surface area contributed by atoms with Crippen molar-refractivity contribution < 1.29 is 17.7 Å². The van der Waals surface area contributed by atoms with Gasteiger partial charge in [-0.1, -0.05) is 12.1 Å². The molecule has 9 heteroatoms. The van der Waals surface area contributed by atoms with Crippen molar-refractivity contribution in [1.82, 2.24) is 4.98 Å². The summed E-state index contributed by atoms with van der Waals surface area (Å²) in [6.07, 6.45) is 1.35. The van der Waals surface area contributed by atoms with Crippen molar-refractivity contribution in [3.8, 4) is 0 Å². The Morgan fingerprint density at radius 3 is 2.55 bits per heavy atom. The average Bonchev–Trinajstić information content (AvgIpc) is 2.38. The number of halogens is 1. The summed E-state index contributed by atoms with van der Waals surface area (Å²) >= 11 is 0. The lowest BCUT2D eigenvalue weighted by molar-refractivity contribution is -0.390. The maximum atomic E-state index is 13.4. The van der Waals surface area contributed by atoms with Gasteiger partial charge in [-0.25, -0.2) is 13.4 Å². The number of benzene rings is 1. The summed E-state index contributed by atoms with van der Waals surface area (Å²) in [6, 6.07) is 7.32. The Bertz CT molecular complexity index is 750. The first-order chi connectivity index (χ1) is 9.42. The van der Waals surface area contributed by atoms with E-state index in [1.807, 2.05) is 4.72 Å². The Hall–Kier alpha value is -2.55. The van der Waals surface area contributed by atoms with Crippen LogP contribution in [0.3, 0.4) is 0 Å². The minimum Gasteiger partial charge on any atom is -0.263 e. The molecule has 0 aliphatic carbocycles. The maximum Gasteiger partial charge on any atom is 0.325 e. The molecule has 1 N–H and O–H groups in total. The van der Waals surface area contributed by atoms with E-state index in [-0.39, 0.29) is 5.82 Å². The quantitative estimate of drug-likeness (QED) is 0.686. The Kier molecular flexibility index (Phi) is 3.61. The van der Waals surface area contributed by atoms with Crippen LogP contribution >= 0.6 is 0 Å². The van der Waals surface area contributed by atoms with E-state index in [1.165, 1.54) is 18.3 Å². The topological polar surface area (TPSA) is 102 Å². The van der Waals surface area contributed by atoms with Gasteiger partial charge in [0.25, 0.3) is 10.0 Å². The van der Waals surface area contributed by atoms with Crippen molar-refractivity contribution in [1.29, 1.82) is 0 Å². The van der Waals surface area contributed by atoms with Gasteiger partial charge >= 0.3 is 5.69 Å². The SMILES string of the molecule is O=[N+]([O-])c1c(F)cccc1S(=O)(=O)Nc1ccccn1. The van der Waals surface area contributed by atoms with Crippen LogP contribution in [0.1, 0.15) is 0 Å². The normalized spacial score (nSPS) is 11.1. The molecule has 0 bridgehead atoms. The van der Waals surface area contributed by atoms with Crippen LogP contribution < -0.4 is 4.72 Å². The van der Waals surface area contributed by atoms with Crippen molar-refractivity contribution in [2.24, 2.45) is 0 Å². The van der Waals surface area contributed by atoms with E-state index in [0.717, 1.165) is 18.2 Å². The summed E-state index contributed by atoms with van der Waals surface area (Å²) < 4.78 is 39.6. The summed E-state index contributed by atoms with van der Waals surface area (Å²) in [4.78, 5) is 12.7. The molecule has 0 spiro atoms. The second-order valence-electron chi connectivity index (χ2n) is 3.66. The molecule has 0 fully saturated rings. The molecule has 1 heterocycles. The zero-order chi connectivity index (χ0) is 14.8. The molecule has 0 aliphatic heterocycles. The summed E-state index contributed by atoms with van der Waals surface area (Å²) in [5.74, 6) is -1.25. The number of nitro benzene ring substituents is 1. The number of nitrogens with zero attached hydrogens (tertiary/aromatic N) is 2. The van der Waals surface area contributed by atoms with Gasteiger partial charge in [0.1, 0.15) is 5.82 Å². The lowest BCUT2D eigenvalue weighted by atomic mass is 10.3. The second kappa shape index (κ2) is 5.21. The van der Waals surface area contributed by atoms with Crippen LogP contribution in [-0.2, 0) is 10.0 Å². The first-order valence-corrected chi connectivity index (χ1v) is 6.77. The number of para-hydroxylation sites is 1. The fourth-order valence-electron chi connectivity index (χ4n) is 1.51. The van der Waals surface area contributed by atoms with Gasteiger partial charge < -0.3 is 0 Å². The number of nitro groups is 1. The van der Waals surface area contributed by atoms with Crippen LogP contribution in [0, 0.1) is 15.9 Å². The smallest absolute Gasteiger partial charge is 0.263 e. The van der Waals surface area contributed by atoms with Crippen molar-refractivity contribution >= 4 is 21.5 Å². The molecule has 1 aromatic heterocycles. The molecule has 0 unspecified atom stereocenters. The molecule has 0 atom stereocenters. The maximum absolute atomic E-state index is 13.4. The van der Waals surface area contributed by atoms with Crippen LogP contribution in [0.25, 0.3) is 0 Å². The van der Waals surface area contributed by atoms with Gasteiger partial charge in [-0.15, -0.1) is 0 Å². The van der Waals surface area contributed by atoms with Crippen molar-refractivity contribution in [3.05, 3.63) is 58.5 Å². The van der Waals surface area contributed by atoms with E-state index in [4.69, 9.17) is 0 Å². The summed E-state index contributed by atoms with van der Waals surface area (Å²) in [5.41, 5.74) is -1.10. The van der Waals surface area contributed by atoms with E-state index in [9.17, 15) is 22.9 Å². The van der Waals surface area contributed by atoms with Gasteiger partial charge in [0.05, 0.1) is 4.92 Å². The van der Waals surface area contributed by atoms with Crippen LogP contribution in [-0.4, -0.2) is 18.3 Å². The third kappa shape index (κ3) is 2.72. The molecule has 0 amide bonds. The molecule has 7 nitrogen and oxygen atoms in total. The van der Waals surface area contributed by atoms with E-state index < -0.39 is 31.3 Å². The monoisotopic (exact) mass is 297 g/mol. The number of rotatable bonds is 4. The van der Waals surface area contributed by atoms with Crippen molar-refractivity contribution in [3.63, 3.8) is 0 Å². The number of hydrogen-bond acceptors (Lipinski definition) is 5. The van der Waals surface area contributed by atoms with E-state index >= 15 is 0 Å². The minimum absolute atomic E-state index is 0.0222. The number of aromatic nitrogens is 1. The zero-order valence-corrected chi connectivity index (χ0v) is 10.7. The standard InChI is InChI=1S/C11H8FN3O4S/c12-8-4-3-5-9(11(8)15(16)17)20(18,19)14-10-6-1-2-7-13-10/h1-7H,(H,13,14). The van der Waals surface area contributed by atoms with E-state index in [1.54, 1.807) is 6.07 Å². The molecular weight excluding hydrogens is 289 g/mol. The fraction of sp³-hybridized carbons (Fsp3) is 0. The van der Waals surface area contributed by atoms with Gasteiger partial charge in [-0.3, -0.25) is 14.8 Å². The summed E-state index contributed by atoms with van der Waals surface area (Å²) in [7, 11) is -4.31. The second-order valence-corrected chi connectivity index (χ2v) is 5.31. The molecule has 0 radical (unpaired) electrons. The molecule has 20 heavy (non-hydrogen) atoms.